The van der Waals surface area contributed by atoms with Gasteiger partial charge in [0.05, 0.1) is 17.1 Å². The first-order valence-corrected chi connectivity index (χ1v) is 7.23. The summed E-state index contributed by atoms with van der Waals surface area (Å²) in [5.41, 5.74) is 0.444. The zero-order chi connectivity index (χ0) is 15.4. The van der Waals surface area contributed by atoms with Gasteiger partial charge in [0.25, 0.3) is 11.6 Å². The van der Waals surface area contributed by atoms with Crippen LogP contribution in [-0.2, 0) is 0 Å². The molecule has 0 aliphatic heterocycles. The summed E-state index contributed by atoms with van der Waals surface area (Å²) < 4.78 is 0. The third-order valence-corrected chi connectivity index (χ3v) is 3.97. The van der Waals surface area contributed by atoms with Crippen LogP contribution in [0.1, 0.15) is 48.0 Å². The Morgan fingerprint density at radius 1 is 1.33 bits per heavy atom. The number of benzene rings is 1. The third-order valence-electron chi connectivity index (χ3n) is 3.97. The van der Waals surface area contributed by atoms with Crippen LogP contribution in [0.5, 0.6) is 0 Å². The van der Waals surface area contributed by atoms with Gasteiger partial charge in [-0.3, -0.25) is 14.9 Å². The first-order chi connectivity index (χ1) is 10.0. The van der Waals surface area contributed by atoms with Gasteiger partial charge in [0.2, 0.25) is 0 Å². The molecule has 2 rings (SSSR count). The van der Waals surface area contributed by atoms with Gasteiger partial charge in [-0.1, -0.05) is 31.4 Å². The Morgan fingerprint density at radius 3 is 2.76 bits per heavy atom. The molecule has 0 aromatic heterocycles. The lowest BCUT2D eigenvalue weighted by molar-refractivity contribution is -0.385. The molecule has 1 amide bonds. The van der Waals surface area contributed by atoms with E-state index in [1.165, 1.54) is 6.07 Å². The van der Waals surface area contributed by atoms with Gasteiger partial charge in [0.1, 0.15) is 5.56 Å². The van der Waals surface area contributed by atoms with Crippen LogP contribution in [0.3, 0.4) is 0 Å². The molecule has 114 valence electrons. The molecule has 6 heteroatoms. The van der Waals surface area contributed by atoms with Crippen LogP contribution in [0, 0.1) is 17.0 Å². The number of carbonyl (C=O) groups excluding carboxylic acids is 1. The molecule has 1 aromatic carbocycles. The Hall–Kier alpha value is -1.95. The average Bonchev–Trinajstić information content (AvgIpc) is 2.63. The van der Waals surface area contributed by atoms with Crippen molar-refractivity contribution in [3.05, 3.63) is 39.4 Å². The lowest BCUT2D eigenvalue weighted by Gasteiger charge is -2.22. The monoisotopic (exact) mass is 292 g/mol. The molecule has 1 aliphatic rings. The second-order valence-corrected chi connectivity index (χ2v) is 5.51. The second kappa shape index (κ2) is 6.67. The van der Waals surface area contributed by atoms with E-state index in [4.69, 9.17) is 0 Å². The molecule has 0 saturated heterocycles. The first kappa shape index (κ1) is 15.4. The predicted molar refractivity (Wildman–Crippen MR) is 78.2 cm³/mol. The fourth-order valence-electron chi connectivity index (χ4n) is 2.80. The molecule has 6 nitrogen and oxygen atoms in total. The van der Waals surface area contributed by atoms with Crippen LogP contribution < -0.4 is 5.32 Å². The lowest BCUT2D eigenvalue weighted by Crippen LogP contribution is -2.43. The number of rotatable bonds is 3. The number of amides is 1. The summed E-state index contributed by atoms with van der Waals surface area (Å²) in [6, 6.07) is 4.22. The third kappa shape index (κ3) is 3.58. The number of nitrogens with zero attached hydrogens (tertiary/aromatic N) is 1. The van der Waals surface area contributed by atoms with Gasteiger partial charge in [-0.2, -0.15) is 0 Å². The highest BCUT2D eigenvalue weighted by molar-refractivity contribution is 5.99. The molecule has 0 bridgehead atoms. The number of nitrogens with one attached hydrogen (secondary N) is 1. The molecule has 1 aliphatic carbocycles. The van der Waals surface area contributed by atoms with Crippen molar-refractivity contribution < 1.29 is 14.8 Å². The van der Waals surface area contributed by atoms with Crippen LogP contribution in [0.4, 0.5) is 5.69 Å². The van der Waals surface area contributed by atoms with Gasteiger partial charge in [0.15, 0.2) is 0 Å². The molecule has 2 N–H and O–H groups in total. The van der Waals surface area contributed by atoms with Gasteiger partial charge in [0, 0.05) is 6.07 Å². The van der Waals surface area contributed by atoms with E-state index in [9.17, 15) is 20.0 Å². The highest BCUT2D eigenvalue weighted by Crippen LogP contribution is 2.23. The minimum atomic E-state index is -0.584. The van der Waals surface area contributed by atoms with Crippen LogP contribution >= 0.6 is 0 Å². The Morgan fingerprint density at radius 2 is 2.05 bits per heavy atom. The highest BCUT2D eigenvalue weighted by atomic mass is 16.6. The Labute approximate surface area is 123 Å². The Bertz CT molecular complexity index is 544. The molecule has 0 heterocycles. The van der Waals surface area contributed by atoms with Crippen molar-refractivity contribution >= 4 is 11.6 Å². The largest absolute Gasteiger partial charge is 0.391 e. The van der Waals surface area contributed by atoms with Gasteiger partial charge in [-0.25, -0.2) is 0 Å². The minimum Gasteiger partial charge on any atom is -0.391 e. The summed E-state index contributed by atoms with van der Waals surface area (Å²) in [6.45, 7) is 1.67. The lowest BCUT2D eigenvalue weighted by atomic mass is 10.0. The fourth-order valence-corrected chi connectivity index (χ4v) is 2.80. The smallest absolute Gasteiger partial charge is 0.282 e. The fraction of sp³-hybridized carbons (Fsp3) is 0.533. The summed E-state index contributed by atoms with van der Waals surface area (Å²) in [7, 11) is 0. The number of aliphatic hydroxyl groups excluding tert-OH is 1. The van der Waals surface area contributed by atoms with Crippen LogP contribution in [-0.4, -0.2) is 28.1 Å². The maximum Gasteiger partial charge on any atom is 0.282 e. The molecule has 21 heavy (non-hydrogen) atoms. The van der Waals surface area contributed by atoms with Crippen LogP contribution in [0.25, 0.3) is 0 Å². The molecule has 1 saturated carbocycles. The van der Waals surface area contributed by atoms with Crippen molar-refractivity contribution in [2.24, 2.45) is 0 Å². The molecule has 1 fully saturated rings. The quantitative estimate of drug-likeness (QED) is 0.508. The van der Waals surface area contributed by atoms with Crippen LogP contribution in [0.15, 0.2) is 18.2 Å². The number of aliphatic hydroxyl groups is 1. The van der Waals surface area contributed by atoms with Gasteiger partial charge in [-0.15, -0.1) is 0 Å². The van der Waals surface area contributed by atoms with E-state index < -0.39 is 16.9 Å². The first-order valence-electron chi connectivity index (χ1n) is 7.23. The molecule has 0 spiro atoms. The summed E-state index contributed by atoms with van der Waals surface area (Å²) in [5.74, 6) is -0.481. The van der Waals surface area contributed by atoms with E-state index in [-0.39, 0.29) is 17.3 Å². The number of nitro benzene ring substituents is 1. The van der Waals surface area contributed by atoms with Crippen molar-refractivity contribution in [2.45, 2.75) is 51.2 Å². The van der Waals surface area contributed by atoms with E-state index in [0.29, 0.717) is 18.4 Å². The Kier molecular flexibility index (Phi) is 4.90. The number of hydrogen-bond acceptors (Lipinski definition) is 4. The summed E-state index contributed by atoms with van der Waals surface area (Å²) in [5, 5.41) is 23.9. The maximum absolute atomic E-state index is 12.4. The zero-order valence-electron chi connectivity index (χ0n) is 12.0. The standard InChI is InChI=1S/C15H20N2O4/c1-10-6-5-8-12(17(20)21)14(10)15(19)16-11-7-3-2-4-9-13(11)18/h5-6,8,11,13,18H,2-4,7,9H2,1H3,(H,16,19). The van der Waals surface area contributed by atoms with Crippen molar-refractivity contribution in [1.82, 2.24) is 5.32 Å². The number of carbonyl (C=O) groups is 1. The minimum absolute atomic E-state index is 0.0824. The molecular weight excluding hydrogens is 272 g/mol. The topological polar surface area (TPSA) is 92.5 Å². The van der Waals surface area contributed by atoms with Crippen LogP contribution in [0.2, 0.25) is 0 Å². The Balaban J connectivity index is 2.22. The molecule has 2 unspecified atom stereocenters. The number of hydrogen-bond donors (Lipinski definition) is 2. The highest BCUT2D eigenvalue weighted by Gasteiger charge is 2.27. The van der Waals surface area contributed by atoms with Crippen molar-refractivity contribution in [3.63, 3.8) is 0 Å². The van der Waals surface area contributed by atoms with E-state index >= 15 is 0 Å². The summed E-state index contributed by atoms with van der Waals surface area (Å²) >= 11 is 0. The predicted octanol–water partition coefficient (Wildman–Crippen LogP) is 2.33. The second-order valence-electron chi connectivity index (χ2n) is 5.51. The SMILES string of the molecule is Cc1cccc([N+](=O)[O-])c1C(=O)NC1CCCCCC1O. The normalized spacial score (nSPS) is 22.4. The van der Waals surface area contributed by atoms with Gasteiger partial charge >= 0.3 is 0 Å². The van der Waals surface area contributed by atoms with E-state index in [2.05, 4.69) is 5.32 Å². The van der Waals surface area contributed by atoms with E-state index in [1.807, 2.05) is 0 Å². The van der Waals surface area contributed by atoms with E-state index in [0.717, 1.165) is 19.3 Å². The van der Waals surface area contributed by atoms with Crippen molar-refractivity contribution in [3.8, 4) is 0 Å². The molecule has 1 aromatic rings. The average molecular weight is 292 g/mol. The van der Waals surface area contributed by atoms with Gasteiger partial charge in [-0.05, 0) is 25.3 Å². The van der Waals surface area contributed by atoms with Gasteiger partial charge < -0.3 is 10.4 Å². The number of aryl methyl sites for hydroxylation is 1. The molecular formula is C15H20N2O4. The number of nitro groups is 1. The zero-order valence-corrected chi connectivity index (χ0v) is 12.0. The molecule has 0 radical (unpaired) electrons. The van der Waals surface area contributed by atoms with E-state index in [1.54, 1.807) is 19.1 Å². The van der Waals surface area contributed by atoms with Crippen molar-refractivity contribution in [2.75, 3.05) is 0 Å². The molecule has 2 atom stereocenters. The summed E-state index contributed by atoms with van der Waals surface area (Å²) in [6.07, 6.45) is 3.69. The summed E-state index contributed by atoms with van der Waals surface area (Å²) in [4.78, 5) is 22.9. The maximum atomic E-state index is 12.4. The van der Waals surface area contributed by atoms with Crippen molar-refractivity contribution in [1.29, 1.82) is 0 Å².